The van der Waals surface area contributed by atoms with Gasteiger partial charge in [0.2, 0.25) is 17.7 Å². The lowest BCUT2D eigenvalue weighted by molar-refractivity contribution is -0.146. The number of benzene rings is 1. The number of aromatic nitrogens is 1. The van der Waals surface area contributed by atoms with Crippen LogP contribution in [0, 0.1) is 0 Å². The molecule has 3 heterocycles. The molecule has 2 saturated heterocycles. The third kappa shape index (κ3) is 4.77. The molecule has 31 heavy (non-hydrogen) atoms. The Kier molecular flexibility index (Phi) is 6.31. The third-order valence-corrected chi connectivity index (χ3v) is 6.35. The van der Waals surface area contributed by atoms with Crippen LogP contribution in [-0.4, -0.2) is 76.0 Å². The van der Waals surface area contributed by atoms with Gasteiger partial charge >= 0.3 is 0 Å². The van der Waals surface area contributed by atoms with Crippen molar-refractivity contribution in [1.82, 2.24) is 19.7 Å². The summed E-state index contributed by atoms with van der Waals surface area (Å²) >= 11 is 1.44. The van der Waals surface area contributed by atoms with Crippen LogP contribution in [0.5, 0.6) is 0 Å². The first kappa shape index (κ1) is 21.0. The van der Waals surface area contributed by atoms with Gasteiger partial charge in [0.05, 0.1) is 5.56 Å². The van der Waals surface area contributed by atoms with Gasteiger partial charge in [0.15, 0.2) is 0 Å². The molecule has 0 saturated carbocycles. The lowest BCUT2D eigenvalue weighted by Gasteiger charge is -2.35. The summed E-state index contributed by atoms with van der Waals surface area (Å²) < 4.78 is 0. The SMILES string of the molecule is O=C(CN1C(=O)CCC1=O)N1CCN(C(=O)c2cccnc2Sc2ccccc2)CC1. The van der Waals surface area contributed by atoms with Crippen LogP contribution in [0.15, 0.2) is 58.6 Å². The first-order valence-electron chi connectivity index (χ1n) is 10.1. The van der Waals surface area contributed by atoms with Crippen molar-refractivity contribution in [3.05, 3.63) is 54.2 Å². The standard InChI is InChI=1S/C22H22N4O4S/c27-18-8-9-19(28)26(18)15-20(29)24-11-13-25(14-12-24)22(30)17-7-4-10-23-21(17)31-16-5-2-1-3-6-16/h1-7,10H,8-9,11-15H2. The van der Waals surface area contributed by atoms with Gasteiger partial charge in [0.1, 0.15) is 11.6 Å². The van der Waals surface area contributed by atoms with Gasteiger partial charge in [-0.05, 0) is 24.3 Å². The van der Waals surface area contributed by atoms with E-state index in [0.29, 0.717) is 36.8 Å². The normalized spacial score (nSPS) is 16.7. The van der Waals surface area contributed by atoms with Crippen LogP contribution in [-0.2, 0) is 14.4 Å². The summed E-state index contributed by atoms with van der Waals surface area (Å²) in [5, 5.41) is 0.642. The topological polar surface area (TPSA) is 90.9 Å². The molecule has 2 aromatic rings. The van der Waals surface area contributed by atoms with E-state index in [4.69, 9.17) is 0 Å². The van der Waals surface area contributed by atoms with E-state index in [1.54, 1.807) is 28.1 Å². The Balaban J connectivity index is 1.37. The predicted octanol–water partition coefficient (Wildman–Crippen LogP) is 1.67. The van der Waals surface area contributed by atoms with E-state index in [2.05, 4.69) is 4.98 Å². The van der Waals surface area contributed by atoms with E-state index in [1.807, 2.05) is 30.3 Å². The summed E-state index contributed by atoms with van der Waals surface area (Å²) in [5.74, 6) is -0.986. The second kappa shape index (κ2) is 9.30. The molecule has 0 N–H and O–H groups in total. The number of amides is 4. The number of pyridine rings is 1. The first-order valence-corrected chi connectivity index (χ1v) is 10.9. The molecule has 4 rings (SSSR count). The van der Waals surface area contributed by atoms with Crippen molar-refractivity contribution >= 4 is 35.4 Å². The maximum atomic E-state index is 13.1. The van der Waals surface area contributed by atoms with E-state index in [-0.39, 0.29) is 43.0 Å². The van der Waals surface area contributed by atoms with Crippen LogP contribution in [0.2, 0.25) is 0 Å². The summed E-state index contributed by atoms with van der Waals surface area (Å²) in [6.07, 6.45) is 2.01. The number of rotatable bonds is 5. The highest BCUT2D eigenvalue weighted by molar-refractivity contribution is 7.99. The van der Waals surface area contributed by atoms with Gasteiger partial charge in [-0.3, -0.25) is 24.1 Å². The fraction of sp³-hybridized carbons (Fsp3) is 0.318. The quantitative estimate of drug-likeness (QED) is 0.660. The smallest absolute Gasteiger partial charge is 0.256 e. The van der Waals surface area contributed by atoms with Gasteiger partial charge < -0.3 is 9.80 Å². The van der Waals surface area contributed by atoms with E-state index in [0.717, 1.165) is 9.80 Å². The van der Waals surface area contributed by atoms with Crippen LogP contribution >= 0.6 is 11.8 Å². The Hall–Kier alpha value is -3.20. The Labute approximate surface area is 184 Å². The minimum absolute atomic E-state index is 0.122. The third-order valence-electron chi connectivity index (χ3n) is 5.33. The van der Waals surface area contributed by atoms with E-state index in [1.165, 1.54) is 11.8 Å². The molecule has 2 fully saturated rings. The van der Waals surface area contributed by atoms with Gasteiger partial charge in [-0.1, -0.05) is 30.0 Å². The van der Waals surface area contributed by atoms with E-state index >= 15 is 0 Å². The molecule has 0 spiro atoms. The van der Waals surface area contributed by atoms with Gasteiger partial charge in [0.25, 0.3) is 5.91 Å². The van der Waals surface area contributed by atoms with Crippen molar-refractivity contribution in [2.45, 2.75) is 22.8 Å². The highest BCUT2D eigenvalue weighted by atomic mass is 32.2. The second-order valence-corrected chi connectivity index (χ2v) is 8.38. The monoisotopic (exact) mass is 438 g/mol. The number of piperazine rings is 1. The molecule has 160 valence electrons. The minimum Gasteiger partial charge on any atom is -0.338 e. The maximum absolute atomic E-state index is 13.1. The number of carbonyl (C=O) groups is 4. The average molecular weight is 439 g/mol. The Bertz CT molecular complexity index is 990. The molecule has 1 aromatic carbocycles. The highest BCUT2D eigenvalue weighted by Crippen LogP contribution is 2.29. The Morgan fingerprint density at radius 1 is 0.871 bits per heavy atom. The molecule has 4 amide bonds. The summed E-state index contributed by atoms with van der Waals surface area (Å²) in [6, 6.07) is 13.2. The fourth-order valence-corrected chi connectivity index (χ4v) is 4.49. The van der Waals surface area contributed by atoms with Crippen molar-refractivity contribution in [2.75, 3.05) is 32.7 Å². The summed E-state index contributed by atoms with van der Waals surface area (Å²) in [7, 11) is 0. The molecule has 2 aliphatic rings. The minimum atomic E-state index is -0.299. The van der Waals surface area contributed by atoms with Crippen molar-refractivity contribution in [3.63, 3.8) is 0 Å². The van der Waals surface area contributed by atoms with Crippen LogP contribution < -0.4 is 0 Å². The molecule has 0 unspecified atom stereocenters. The number of likely N-dealkylation sites (tertiary alicyclic amines) is 1. The van der Waals surface area contributed by atoms with Crippen molar-refractivity contribution in [3.8, 4) is 0 Å². The van der Waals surface area contributed by atoms with Crippen LogP contribution in [0.4, 0.5) is 0 Å². The molecule has 2 aliphatic heterocycles. The van der Waals surface area contributed by atoms with Gasteiger partial charge in [-0.15, -0.1) is 0 Å². The molecule has 0 bridgehead atoms. The molecule has 9 heteroatoms. The number of nitrogens with zero attached hydrogens (tertiary/aromatic N) is 4. The Morgan fingerprint density at radius 2 is 1.52 bits per heavy atom. The lowest BCUT2D eigenvalue weighted by Crippen LogP contribution is -2.53. The van der Waals surface area contributed by atoms with Crippen molar-refractivity contribution in [2.24, 2.45) is 0 Å². The Morgan fingerprint density at radius 3 is 2.19 bits per heavy atom. The molecule has 1 aromatic heterocycles. The molecular weight excluding hydrogens is 416 g/mol. The second-order valence-electron chi connectivity index (χ2n) is 7.32. The summed E-state index contributed by atoms with van der Waals surface area (Å²) in [6.45, 7) is 1.28. The highest BCUT2D eigenvalue weighted by Gasteiger charge is 2.33. The molecular formula is C22H22N4O4S. The average Bonchev–Trinajstić information content (AvgIpc) is 3.12. The molecule has 0 atom stereocenters. The van der Waals surface area contributed by atoms with Gasteiger partial charge in [-0.25, -0.2) is 4.98 Å². The zero-order valence-electron chi connectivity index (χ0n) is 16.9. The molecule has 8 nitrogen and oxygen atoms in total. The number of imide groups is 1. The summed E-state index contributed by atoms with van der Waals surface area (Å²) in [4.78, 5) is 58.8. The van der Waals surface area contributed by atoms with E-state index in [9.17, 15) is 19.2 Å². The zero-order chi connectivity index (χ0) is 21.8. The zero-order valence-corrected chi connectivity index (χ0v) is 17.7. The molecule has 0 aliphatic carbocycles. The van der Waals surface area contributed by atoms with Gasteiger partial charge in [-0.2, -0.15) is 0 Å². The van der Waals surface area contributed by atoms with E-state index < -0.39 is 0 Å². The molecule has 0 radical (unpaired) electrons. The maximum Gasteiger partial charge on any atom is 0.256 e. The first-order chi connectivity index (χ1) is 15.0. The summed E-state index contributed by atoms with van der Waals surface area (Å²) in [5.41, 5.74) is 0.532. The lowest BCUT2D eigenvalue weighted by atomic mass is 10.2. The van der Waals surface area contributed by atoms with Crippen LogP contribution in [0.3, 0.4) is 0 Å². The number of carbonyl (C=O) groups excluding carboxylic acids is 4. The van der Waals surface area contributed by atoms with Crippen molar-refractivity contribution < 1.29 is 19.2 Å². The number of hydrogen-bond acceptors (Lipinski definition) is 6. The number of hydrogen-bond donors (Lipinski definition) is 0. The fourth-order valence-electron chi connectivity index (χ4n) is 3.60. The van der Waals surface area contributed by atoms with Crippen LogP contribution in [0.25, 0.3) is 0 Å². The van der Waals surface area contributed by atoms with Gasteiger partial charge in [0, 0.05) is 50.1 Å². The predicted molar refractivity (Wildman–Crippen MR) is 113 cm³/mol. The largest absolute Gasteiger partial charge is 0.338 e. The van der Waals surface area contributed by atoms with Crippen LogP contribution in [0.1, 0.15) is 23.2 Å². The van der Waals surface area contributed by atoms with Crippen molar-refractivity contribution in [1.29, 1.82) is 0 Å².